The van der Waals surface area contributed by atoms with Crippen LogP contribution in [0, 0.1) is 0 Å². The summed E-state index contributed by atoms with van der Waals surface area (Å²) in [4.78, 5) is 2.39. The van der Waals surface area contributed by atoms with Gasteiger partial charge in [0.2, 0.25) is 0 Å². The third-order valence-corrected chi connectivity index (χ3v) is 4.34. The third-order valence-electron chi connectivity index (χ3n) is 1.16. The molecule has 0 spiro atoms. The van der Waals surface area contributed by atoms with Gasteiger partial charge in [-0.25, -0.2) is 0 Å². The SMILES string of the molecule is C[CH]=[GeH][CH](C)CC. The molecule has 0 amide bonds. The first kappa shape index (κ1) is 7.41. The van der Waals surface area contributed by atoms with Crippen molar-refractivity contribution in [3.8, 4) is 0 Å². The van der Waals surface area contributed by atoms with E-state index in [1.807, 2.05) is 0 Å². The van der Waals surface area contributed by atoms with Crippen molar-refractivity contribution in [2.45, 2.75) is 31.9 Å². The molecule has 42 valence electrons. The minimum absolute atomic E-state index is 0.0894. The molecule has 1 atom stereocenters. The molecule has 0 aromatic carbocycles. The van der Waals surface area contributed by atoms with Crippen molar-refractivity contribution in [2.24, 2.45) is 0 Å². The van der Waals surface area contributed by atoms with E-state index in [2.05, 4.69) is 25.6 Å². The zero-order valence-electron chi connectivity index (χ0n) is 5.44. The molecule has 0 saturated carbocycles. The van der Waals surface area contributed by atoms with Crippen LogP contribution in [0.1, 0.15) is 27.2 Å². The molecule has 0 heterocycles. The standard InChI is InChI=1S/C6H14Ge/c1-4-6(3)7-5-2/h5-7H,4H2,1-3H3. The first-order valence-corrected chi connectivity index (χ1v) is 5.73. The van der Waals surface area contributed by atoms with E-state index in [-0.39, 0.29) is 15.0 Å². The van der Waals surface area contributed by atoms with Crippen molar-refractivity contribution in [1.82, 2.24) is 0 Å². The topological polar surface area (TPSA) is 0 Å². The zero-order valence-corrected chi connectivity index (χ0v) is 7.86. The summed E-state index contributed by atoms with van der Waals surface area (Å²) in [7, 11) is 0. The van der Waals surface area contributed by atoms with E-state index in [1.54, 1.807) is 0 Å². The van der Waals surface area contributed by atoms with E-state index >= 15 is 0 Å². The summed E-state index contributed by atoms with van der Waals surface area (Å²) in [6.45, 7) is 6.80. The van der Waals surface area contributed by atoms with Gasteiger partial charge in [0, 0.05) is 0 Å². The van der Waals surface area contributed by atoms with Gasteiger partial charge in [0.1, 0.15) is 0 Å². The van der Waals surface area contributed by atoms with Gasteiger partial charge < -0.3 is 0 Å². The van der Waals surface area contributed by atoms with Crippen molar-refractivity contribution in [1.29, 1.82) is 0 Å². The molecule has 1 unspecified atom stereocenters. The molecule has 0 aromatic rings. The Kier molecular flexibility index (Phi) is 4.84. The van der Waals surface area contributed by atoms with Crippen LogP contribution in [0.25, 0.3) is 0 Å². The average molecular weight is 159 g/mol. The summed E-state index contributed by atoms with van der Waals surface area (Å²) < 4.78 is 1.05. The van der Waals surface area contributed by atoms with Crippen LogP contribution in [-0.2, 0) is 0 Å². The molecule has 0 nitrogen and oxygen atoms in total. The van der Waals surface area contributed by atoms with Crippen molar-refractivity contribution in [2.75, 3.05) is 0 Å². The van der Waals surface area contributed by atoms with Gasteiger partial charge in [0.25, 0.3) is 0 Å². The number of hydrogen-bond donors (Lipinski definition) is 0. The summed E-state index contributed by atoms with van der Waals surface area (Å²) in [6.07, 6.45) is 1.38. The molecule has 0 aliphatic heterocycles. The van der Waals surface area contributed by atoms with Gasteiger partial charge in [-0.2, -0.15) is 0 Å². The molecule has 0 aromatic heterocycles. The predicted octanol–water partition coefficient (Wildman–Crippen LogP) is 1.46. The summed E-state index contributed by atoms with van der Waals surface area (Å²) in [5.41, 5.74) is 0. The maximum absolute atomic E-state index is 2.39. The first-order valence-electron chi connectivity index (χ1n) is 2.94. The van der Waals surface area contributed by atoms with E-state index in [9.17, 15) is 0 Å². The van der Waals surface area contributed by atoms with Crippen LogP contribution in [0.3, 0.4) is 0 Å². The maximum atomic E-state index is 2.39. The summed E-state index contributed by atoms with van der Waals surface area (Å²) in [5, 5.41) is 0. The van der Waals surface area contributed by atoms with E-state index in [1.165, 1.54) is 6.42 Å². The summed E-state index contributed by atoms with van der Waals surface area (Å²) >= 11 is 0.0894. The Hall–Kier alpha value is 0.413. The zero-order chi connectivity index (χ0) is 5.70. The molecule has 7 heavy (non-hydrogen) atoms. The normalized spacial score (nSPS) is 15.3. The van der Waals surface area contributed by atoms with Gasteiger partial charge in [-0.05, 0) is 0 Å². The Morgan fingerprint density at radius 1 is 1.71 bits per heavy atom. The molecular formula is C6H14Ge. The number of rotatable bonds is 2. The third kappa shape index (κ3) is 4.26. The van der Waals surface area contributed by atoms with Crippen LogP contribution >= 0.6 is 0 Å². The minimum atomic E-state index is 0.0894. The van der Waals surface area contributed by atoms with Gasteiger partial charge in [-0.3, -0.25) is 0 Å². The Morgan fingerprint density at radius 3 is 2.43 bits per heavy atom. The molecule has 0 saturated heterocycles. The van der Waals surface area contributed by atoms with Crippen molar-refractivity contribution in [3.05, 3.63) is 0 Å². The van der Waals surface area contributed by atoms with E-state index in [4.69, 9.17) is 0 Å². The first-order chi connectivity index (χ1) is 3.31. The molecular weight excluding hydrogens is 145 g/mol. The quantitative estimate of drug-likeness (QED) is 0.534. The molecule has 1 heteroatoms. The van der Waals surface area contributed by atoms with Gasteiger partial charge in [-0.15, -0.1) is 0 Å². The molecule has 0 bridgehead atoms. The van der Waals surface area contributed by atoms with Crippen molar-refractivity contribution >= 4 is 19.8 Å². The second kappa shape index (κ2) is 4.57. The van der Waals surface area contributed by atoms with Crippen LogP contribution < -0.4 is 0 Å². The van der Waals surface area contributed by atoms with Crippen LogP contribution in [0.2, 0.25) is 4.75 Å². The fourth-order valence-corrected chi connectivity index (χ4v) is 2.41. The summed E-state index contributed by atoms with van der Waals surface area (Å²) in [5.74, 6) is 0. The summed E-state index contributed by atoms with van der Waals surface area (Å²) in [6, 6.07) is 0. The van der Waals surface area contributed by atoms with E-state index in [0.717, 1.165) is 4.75 Å². The van der Waals surface area contributed by atoms with Gasteiger partial charge in [0.05, 0.1) is 0 Å². The van der Waals surface area contributed by atoms with Crippen molar-refractivity contribution in [3.63, 3.8) is 0 Å². The fourth-order valence-electron chi connectivity index (χ4n) is 0.465. The number of hydrogen-bond acceptors (Lipinski definition) is 0. The van der Waals surface area contributed by atoms with E-state index < -0.39 is 0 Å². The Morgan fingerprint density at radius 2 is 2.29 bits per heavy atom. The fraction of sp³-hybridized carbons (Fsp3) is 0.833. The second-order valence-electron chi connectivity index (χ2n) is 1.91. The van der Waals surface area contributed by atoms with Gasteiger partial charge in [-0.1, -0.05) is 0 Å². The molecule has 0 rings (SSSR count). The van der Waals surface area contributed by atoms with Crippen LogP contribution in [0.15, 0.2) is 0 Å². The van der Waals surface area contributed by atoms with Crippen LogP contribution in [0.4, 0.5) is 0 Å². The molecule has 0 fully saturated rings. The predicted molar refractivity (Wildman–Crippen MR) is 38.6 cm³/mol. The average Bonchev–Trinajstić information content (AvgIpc) is 1.68. The molecule has 0 aliphatic carbocycles. The monoisotopic (exact) mass is 160 g/mol. The van der Waals surface area contributed by atoms with Gasteiger partial charge in [0.15, 0.2) is 0 Å². The van der Waals surface area contributed by atoms with Crippen LogP contribution in [-0.4, -0.2) is 19.8 Å². The molecule has 0 aliphatic rings. The Balaban J connectivity index is 3.16. The van der Waals surface area contributed by atoms with E-state index in [0.29, 0.717) is 0 Å². The molecule has 0 radical (unpaired) electrons. The Bertz CT molecular complexity index is 57.2. The van der Waals surface area contributed by atoms with Crippen molar-refractivity contribution < 1.29 is 0 Å². The molecule has 0 N–H and O–H groups in total. The second-order valence-corrected chi connectivity index (χ2v) is 6.51. The Labute approximate surface area is 52.3 Å². The van der Waals surface area contributed by atoms with Gasteiger partial charge >= 0.3 is 51.8 Å². The van der Waals surface area contributed by atoms with Crippen LogP contribution in [0.5, 0.6) is 0 Å².